The van der Waals surface area contributed by atoms with Crippen molar-refractivity contribution in [1.29, 1.82) is 0 Å². The number of benzene rings is 2. The summed E-state index contributed by atoms with van der Waals surface area (Å²) in [6, 6.07) is 15.8. The van der Waals surface area contributed by atoms with Gasteiger partial charge in [0, 0.05) is 25.0 Å². The molecule has 140 valence electrons. The highest BCUT2D eigenvalue weighted by Gasteiger charge is 2.35. The van der Waals surface area contributed by atoms with E-state index >= 15 is 0 Å². The molecular weight excluding hydrogens is 344 g/mol. The largest absolute Gasteiger partial charge is 0.481 e. The van der Waals surface area contributed by atoms with Crippen molar-refractivity contribution in [2.75, 3.05) is 19.7 Å². The molecule has 0 bridgehead atoms. The van der Waals surface area contributed by atoms with Gasteiger partial charge in [0.2, 0.25) is 0 Å². The van der Waals surface area contributed by atoms with Crippen LogP contribution in [0, 0.1) is 5.92 Å². The number of piperidine rings is 1. The lowest BCUT2D eigenvalue weighted by Crippen LogP contribution is -2.52. The first kappa shape index (κ1) is 17.5. The molecule has 0 radical (unpaired) electrons. The monoisotopic (exact) mass is 366 g/mol. The molecule has 6 nitrogen and oxygen atoms in total. The van der Waals surface area contributed by atoms with E-state index < -0.39 is 24.0 Å². The number of nitrogens with zero attached hydrogens (tertiary/aromatic N) is 1. The zero-order valence-electron chi connectivity index (χ0n) is 14.9. The highest BCUT2D eigenvalue weighted by molar-refractivity contribution is 5.79. The Bertz CT molecular complexity index is 836. The normalized spacial score (nSPS) is 21.4. The lowest BCUT2D eigenvalue weighted by molar-refractivity contribution is -0.143. The zero-order valence-corrected chi connectivity index (χ0v) is 14.9. The van der Waals surface area contributed by atoms with Crippen molar-refractivity contribution in [2.24, 2.45) is 11.7 Å². The smallest absolute Gasteiger partial charge is 0.409 e. The molecule has 2 aromatic rings. The van der Waals surface area contributed by atoms with Crippen LogP contribution in [-0.2, 0) is 9.53 Å². The Morgan fingerprint density at radius 1 is 1.07 bits per heavy atom. The molecule has 27 heavy (non-hydrogen) atoms. The highest BCUT2D eigenvalue weighted by Crippen LogP contribution is 2.44. The van der Waals surface area contributed by atoms with Crippen LogP contribution in [0.15, 0.2) is 48.5 Å². The summed E-state index contributed by atoms with van der Waals surface area (Å²) in [5.41, 5.74) is 10.6. The van der Waals surface area contributed by atoms with Gasteiger partial charge >= 0.3 is 12.1 Å². The second kappa shape index (κ2) is 7.04. The number of carboxylic acid groups (broad SMARTS) is 1. The maximum absolute atomic E-state index is 12.5. The summed E-state index contributed by atoms with van der Waals surface area (Å²) in [5.74, 6) is -1.51. The Morgan fingerprint density at radius 2 is 1.67 bits per heavy atom. The lowest BCUT2D eigenvalue weighted by atomic mass is 9.93. The average Bonchev–Trinajstić information content (AvgIpc) is 2.99. The Balaban J connectivity index is 1.45. The van der Waals surface area contributed by atoms with E-state index in [4.69, 9.17) is 15.6 Å². The van der Waals surface area contributed by atoms with Gasteiger partial charge in [0.25, 0.3) is 0 Å². The van der Waals surface area contributed by atoms with Crippen LogP contribution in [0.2, 0.25) is 0 Å². The molecule has 1 aliphatic heterocycles. The van der Waals surface area contributed by atoms with Gasteiger partial charge in [-0.25, -0.2) is 4.79 Å². The number of likely N-dealkylation sites (tertiary alicyclic amines) is 1. The molecule has 2 aromatic carbocycles. The van der Waals surface area contributed by atoms with E-state index in [9.17, 15) is 9.59 Å². The fraction of sp³-hybridized carbons (Fsp3) is 0.333. The number of aliphatic carboxylic acids is 1. The maximum atomic E-state index is 12.5. The zero-order chi connectivity index (χ0) is 19.0. The Morgan fingerprint density at radius 3 is 2.22 bits per heavy atom. The summed E-state index contributed by atoms with van der Waals surface area (Å²) in [7, 11) is 0. The van der Waals surface area contributed by atoms with E-state index in [1.807, 2.05) is 24.3 Å². The van der Waals surface area contributed by atoms with Gasteiger partial charge in [-0.3, -0.25) is 4.79 Å². The van der Waals surface area contributed by atoms with E-state index in [0.717, 1.165) is 11.1 Å². The lowest BCUT2D eigenvalue weighted by Gasteiger charge is -2.34. The van der Waals surface area contributed by atoms with Gasteiger partial charge in [-0.05, 0) is 28.7 Å². The van der Waals surface area contributed by atoms with Crippen LogP contribution in [-0.4, -0.2) is 47.8 Å². The van der Waals surface area contributed by atoms with Gasteiger partial charge in [0.1, 0.15) is 6.61 Å². The third-order valence-electron chi connectivity index (χ3n) is 5.57. The topological polar surface area (TPSA) is 92.9 Å². The number of rotatable bonds is 3. The first-order valence-electron chi connectivity index (χ1n) is 9.14. The van der Waals surface area contributed by atoms with Crippen molar-refractivity contribution < 1.29 is 19.4 Å². The summed E-state index contributed by atoms with van der Waals surface area (Å²) in [6.07, 6.45) is -0.0862. The number of hydrogen-bond donors (Lipinski definition) is 2. The number of fused-ring (bicyclic) bond motifs is 3. The fourth-order valence-corrected chi connectivity index (χ4v) is 4.14. The van der Waals surface area contributed by atoms with Gasteiger partial charge in [0.15, 0.2) is 0 Å². The van der Waals surface area contributed by atoms with Crippen LogP contribution in [0.5, 0.6) is 0 Å². The number of amides is 1. The molecule has 0 aromatic heterocycles. The maximum Gasteiger partial charge on any atom is 0.409 e. The third-order valence-corrected chi connectivity index (χ3v) is 5.57. The molecule has 3 N–H and O–H groups in total. The molecule has 1 saturated heterocycles. The molecule has 1 aliphatic carbocycles. The minimum atomic E-state index is -0.908. The van der Waals surface area contributed by atoms with Crippen molar-refractivity contribution in [3.8, 4) is 11.1 Å². The summed E-state index contributed by atoms with van der Waals surface area (Å²) >= 11 is 0. The van der Waals surface area contributed by atoms with E-state index in [0.29, 0.717) is 13.0 Å². The minimum absolute atomic E-state index is 0.00609. The quantitative estimate of drug-likeness (QED) is 0.871. The predicted octanol–water partition coefficient (Wildman–Crippen LogP) is 2.67. The van der Waals surface area contributed by atoms with Crippen molar-refractivity contribution in [3.63, 3.8) is 0 Å². The number of carboxylic acids is 1. The summed E-state index contributed by atoms with van der Waals surface area (Å²) in [6.45, 7) is 0.802. The average molecular weight is 366 g/mol. The molecule has 4 rings (SSSR count). The first-order valence-corrected chi connectivity index (χ1v) is 9.14. The first-order chi connectivity index (χ1) is 13.1. The summed E-state index contributed by atoms with van der Waals surface area (Å²) < 4.78 is 5.61. The van der Waals surface area contributed by atoms with E-state index in [1.54, 1.807) is 0 Å². The molecule has 0 saturated carbocycles. The van der Waals surface area contributed by atoms with Crippen LogP contribution >= 0.6 is 0 Å². The Kier molecular flexibility index (Phi) is 4.58. The molecule has 0 unspecified atom stereocenters. The summed E-state index contributed by atoms with van der Waals surface area (Å²) in [4.78, 5) is 25.2. The van der Waals surface area contributed by atoms with Gasteiger partial charge in [-0.15, -0.1) is 0 Å². The van der Waals surface area contributed by atoms with Crippen LogP contribution in [0.1, 0.15) is 23.5 Å². The van der Waals surface area contributed by atoms with E-state index in [-0.39, 0.29) is 19.1 Å². The fourth-order valence-electron chi connectivity index (χ4n) is 4.14. The van der Waals surface area contributed by atoms with Crippen LogP contribution in [0.4, 0.5) is 4.79 Å². The number of carbonyl (C=O) groups excluding carboxylic acids is 1. The van der Waals surface area contributed by atoms with Gasteiger partial charge < -0.3 is 20.5 Å². The third kappa shape index (κ3) is 3.17. The van der Waals surface area contributed by atoms with Crippen LogP contribution < -0.4 is 5.73 Å². The van der Waals surface area contributed by atoms with Crippen LogP contribution in [0.25, 0.3) is 11.1 Å². The number of carbonyl (C=O) groups is 2. The Hall–Kier alpha value is -2.86. The molecule has 1 fully saturated rings. The molecule has 1 amide bonds. The molecule has 6 heteroatoms. The number of ether oxygens (including phenoxy) is 1. The molecular formula is C21H22N2O4. The molecule has 1 heterocycles. The van der Waals surface area contributed by atoms with Crippen molar-refractivity contribution in [3.05, 3.63) is 59.7 Å². The van der Waals surface area contributed by atoms with Crippen molar-refractivity contribution in [1.82, 2.24) is 4.90 Å². The van der Waals surface area contributed by atoms with Crippen molar-refractivity contribution >= 4 is 12.1 Å². The SMILES string of the molecule is N[C@@H]1CN(C(=O)OCC2c3ccccc3-c3ccccc32)CC[C@@H]1C(=O)O. The summed E-state index contributed by atoms with van der Waals surface area (Å²) in [5, 5.41) is 9.15. The highest BCUT2D eigenvalue weighted by atomic mass is 16.6. The van der Waals surface area contributed by atoms with Crippen molar-refractivity contribution in [2.45, 2.75) is 18.4 Å². The second-order valence-corrected chi connectivity index (χ2v) is 7.15. The van der Waals surface area contributed by atoms with E-state index in [1.165, 1.54) is 16.0 Å². The molecule has 0 spiro atoms. The van der Waals surface area contributed by atoms with Crippen LogP contribution in [0.3, 0.4) is 0 Å². The van der Waals surface area contributed by atoms with Gasteiger partial charge in [-0.2, -0.15) is 0 Å². The number of hydrogen-bond acceptors (Lipinski definition) is 4. The standard InChI is InChI=1S/C21H22N2O4/c22-19-11-23(10-9-17(19)20(24)25)21(26)27-12-18-15-7-3-1-5-13(15)14-6-2-4-8-16(14)18/h1-8,17-19H,9-12,22H2,(H,24,25)/t17-,19+/m0/s1. The number of nitrogens with two attached hydrogens (primary N) is 1. The van der Waals surface area contributed by atoms with Gasteiger partial charge in [-0.1, -0.05) is 48.5 Å². The van der Waals surface area contributed by atoms with E-state index in [2.05, 4.69) is 24.3 Å². The molecule has 2 aliphatic rings. The Labute approximate surface area is 157 Å². The predicted molar refractivity (Wildman–Crippen MR) is 100 cm³/mol. The van der Waals surface area contributed by atoms with Gasteiger partial charge in [0.05, 0.1) is 5.92 Å². The molecule has 2 atom stereocenters. The minimum Gasteiger partial charge on any atom is -0.481 e. The second-order valence-electron chi connectivity index (χ2n) is 7.15.